The molecule has 5 nitrogen and oxygen atoms in total. The molecule has 1 aliphatic rings. The number of benzene rings is 1. The van der Waals surface area contributed by atoms with Crippen molar-refractivity contribution in [1.29, 1.82) is 5.26 Å². The summed E-state index contributed by atoms with van der Waals surface area (Å²) >= 11 is 0. The first-order valence-electron chi connectivity index (χ1n) is 8.50. The summed E-state index contributed by atoms with van der Waals surface area (Å²) in [6.07, 6.45) is 3.43. The number of aromatic nitrogens is 1. The van der Waals surface area contributed by atoms with Gasteiger partial charge in [0, 0.05) is 43.3 Å². The van der Waals surface area contributed by atoms with Crippen molar-refractivity contribution >= 4 is 10.9 Å². The Morgan fingerprint density at radius 2 is 1.96 bits per heavy atom. The van der Waals surface area contributed by atoms with Gasteiger partial charge < -0.3 is 9.32 Å². The Morgan fingerprint density at radius 3 is 2.76 bits per heavy atom. The van der Waals surface area contributed by atoms with Crippen LogP contribution in [0.4, 0.5) is 0 Å². The molecule has 0 N–H and O–H groups in total. The van der Waals surface area contributed by atoms with E-state index in [9.17, 15) is 0 Å². The molecule has 4 rings (SSSR count). The molecule has 0 aliphatic carbocycles. The van der Waals surface area contributed by atoms with Crippen LogP contribution in [0.3, 0.4) is 0 Å². The van der Waals surface area contributed by atoms with Gasteiger partial charge in [-0.2, -0.15) is 5.26 Å². The van der Waals surface area contributed by atoms with Crippen LogP contribution in [0.5, 0.6) is 0 Å². The molecule has 0 saturated carbocycles. The summed E-state index contributed by atoms with van der Waals surface area (Å²) in [5.41, 5.74) is 3.62. The molecule has 1 aromatic carbocycles. The molecule has 0 spiro atoms. The first-order valence-corrected chi connectivity index (χ1v) is 8.50. The zero-order valence-corrected chi connectivity index (χ0v) is 14.3. The average Bonchev–Trinajstić information content (AvgIpc) is 3.11. The topological polar surface area (TPSA) is 56.3 Å². The van der Waals surface area contributed by atoms with E-state index in [1.165, 1.54) is 0 Å². The van der Waals surface area contributed by atoms with Gasteiger partial charge in [-0.25, -0.2) is 0 Å². The van der Waals surface area contributed by atoms with E-state index in [4.69, 9.17) is 9.68 Å². The van der Waals surface area contributed by atoms with Crippen molar-refractivity contribution < 1.29 is 4.42 Å². The quantitative estimate of drug-likeness (QED) is 0.737. The highest BCUT2D eigenvalue weighted by molar-refractivity contribution is 5.84. The van der Waals surface area contributed by atoms with Crippen LogP contribution in [-0.2, 0) is 6.54 Å². The highest BCUT2D eigenvalue weighted by atomic mass is 16.3. The lowest BCUT2D eigenvalue weighted by Crippen LogP contribution is -2.43. The number of hydrogen-bond donors (Lipinski definition) is 0. The molecular formula is C20H20N4O. The van der Waals surface area contributed by atoms with E-state index in [-0.39, 0.29) is 0 Å². The van der Waals surface area contributed by atoms with Crippen LogP contribution in [-0.4, -0.2) is 48.0 Å². The number of nitriles is 1. The van der Waals surface area contributed by atoms with Crippen molar-refractivity contribution in [3.8, 4) is 17.2 Å². The molecular weight excluding hydrogens is 312 g/mol. The minimum absolute atomic E-state index is 0.582. The van der Waals surface area contributed by atoms with E-state index in [0.717, 1.165) is 60.5 Å². The summed E-state index contributed by atoms with van der Waals surface area (Å²) in [7, 11) is 2.16. The van der Waals surface area contributed by atoms with Gasteiger partial charge in [0.1, 0.15) is 11.8 Å². The van der Waals surface area contributed by atoms with E-state index in [1.54, 1.807) is 6.20 Å². The van der Waals surface area contributed by atoms with Gasteiger partial charge >= 0.3 is 0 Å². The standard InChI is InChI=1S/C20H20N4O/c1-23-4-6-24(7-5-23)13-19-9-18(14-25-19)16-2-3-17-8-15(11-21)12-22-20(17)10-16/h2-3,8-10,12,14H,4-7,13H2,1H3. The monoisotopic (exact) mass is 332 g/mol. The smallest absolute Gasteiger partial charge is 0.118 e. The second kappa shape index (κ2) is 6.67. The van der Waals surface area contributed by atoms with Crippen LogP contribution in [0.25, 0.3) is 22.0 Å². The third-order valence-electron chi connectivity index (χ3n) is 4.78. The third-order valence-corrected chi connectivity index (χ3v) is 4.78. The molecule has 1 aliphatic heterocycles. The minimum Gasteiger partial charge on any atom is -0.467 e. The molecule has 1 fully saturated rings. The number of pyridine rings is 1. The summed E-state index contributed by atoms with van der Waals surface area (Å²) in [4.78, 5) is 9.16. The first kappa shape index (κ1) is 15.8. The van der Waals surface area contributed by atoms with Crippen LogP contribution in [0, 0.1) is 11.3 Å². The fraction of sp³-hybridized carbons (Fsp3) is 0.300. The lowest BCUT2D eigenvalue weighted by Gasteiger charge is -2.31. The van der Waals surface area contributed by atoms with E-state index in [1.807, 2.05) is 24.5 Å². The Bertz CT molecular complexity index is 932. The number of nitrogens with zero attached hydrogens (tertiary/aromatic N) is 4. The van der Waals surface area contributed by atoms with Gasteiger partial charge in [-0.1, -0.05) is 12.1 Å². The Morgan fingerprint density at radius 1 is 1.12 bits per heavy atom. The Kier molecular flexibility index (Phi) is 4.22. The fourth-order valence-corrected chi connectivity index (χ4v) is 3.20. The number of furan rings is 1. The van der Waals surface area contributed by atoms with Gasteiger partial charge in [-0.3, -0.25) is 9.88 Å². The summed E-state index contributed by atoms with van der Waals surface area (Å²) in [6.45, 7) is 5.22. The van der Waals surface area contributed by atoms with Crippen LogP contribution < -0.4 is 0 Å². The molecule has 3 aromatic rings. The number of hydrogen-bond acceptors (Lipinski definition) is 5. The number of likely N-dealkylation sites (N-methyl/N-ethyl adjacent to an activating group) is 1. The molecule has 0 radical (unpaired) electrons. The first-order chi connectivity index (χ1) is 12.2. The average molecular weight is 332 g/mol. The SMILES string of the molecule is CN1CCN(Cc2cc(-c3ccc4cc(C#N)cnc4c3)co2)CC1. The van der Waals surface area contributed by atoms with Crippen LogP contribution in [0.2, 0.25) is 0 Å². The summed E-state index contributed by atoms with van der Waals surface area (Å²) in [5.74, 6) is 0.993. The maximum atomic E-state index is 8.97. The predicted octanol–water partition coefficient (Wildman–Crippen LogP) is 3.11. The van der Waals surface area contributed by atoms with Gasteiger partial charge in [0.25, 0.3) is 0 Å². The van der Waals surface area contributed by atoms with E-state index >= 15 is 0 Å². The van der Waals surface area contributed by atoms with Crippen LogP contribution in [0.1, 0.15) is 11.3 Å². The van der Waals surface area contributed by atoms with Gasteiger partial charge in [0.2, 0.25) is 0 Å². The van der Waals surface area contributed by atoms with Crippen molar-refractivity contribution in [2.45, 2.75) is 6.54 Å². The van der Waals surface area contributed by atoms with Crippen molar-refractivity contribution in [2.24, 2.45) is 0 Å². The van der Waals surface area contributed by atoms with E-state index in [0.29, 0.717) is 5.56 Å². The molecule has 1 saturated heterocycles. The molecule has 2 aromatic heterocycles. The number of rotatable bonds is 3. The van der Waals surface area contributed by atoms with Crippen molar-refractivity contribution in [3.63, 3.8) is 0 Å². The maximum absolute atomic E-state index is 8.97. The third kappa shape index (κ3) is 3.41. The van der Waals surface area contributed by atoms with Gasteiger partial charge in [0.15, 0.2) is 0 Å². The zero-order valence-electron chi connectivity index (χ0n) is 14.3. The zero-order chi connectivity index (χ0) is 17.2. The number of piperazine rings is 1. The van der Waals surface area contributed by atoms with Crippen molar-refractivity contribution in [2.75, 3.05) is 33.2 Å². The van der Waals surface area contributed by atoms with Crippen LogP contribution in [0.15, 0.2) is 47.2 Å². The minimum atomic E-state index is 0.582. The van der Waals surface area contributed by atoms with Gasteiger partial charge in [0.05, 0.1) is 23.9 Å². The molecule has 126 valence electrons. The molecule has 0 unspecified atom stereocenters. The summed E-state index contributed by atoms with van der Waals surface area (Å²) in [6, 6.07) is 12.2. The van der Waals surface area contributed by atoms with E-state index in [2.05, 4.69) is 40.0 Å². The second-order valence-electron chi connectivity index (χ2n) is 6.62. The summed E-state index contributed by atoms with van der Waals surface area (Å²) < 4.78 is 5.78. The lowest BCUT2D eigenvalue weighted by atomic mass is 10.1. The summed E-state index contributed by atoms with van der Waals surface area (Å²) in [5, 5.41) is 9.95. The Balaban J connectivity index is 1.53. The molecule has 0 amide bonds. The molecule has 5 heteroatoms. The largest absolute Gasteiger partial charge is 0.467 e. The van der Waals surface area contributed by atoms with Gasteiger partial charge in [-0.15, -0.1) is 0 Å². The molecule has 0 atom stereocenters. The second-order valence-corrected chi connectivity index (χ2v) is 6.62. The molecule has 0 bridgehead atoms. The normalized spacial score (nSPS) is 16.2. The number of fused-ring (bicyclic) bond motifs is 1. The highest BCUT2D eigenvalue weighted by Crippen LogP contribution is 2.26. The van der Waals surface area contributed by atoms with Gasteiger partial charge in [-0.05, 0) is 30.8 Å². The fourth-order valence-electron chi connectivity index (χ4n) is 3.20. The molecule has 3 heterocycles. The Hall–Kier alpha value is -2.68. The van der Waals surface area contributed by atoms with Crippen molar-refractivity contribution in [1.82, 2.24) is 14.8 Å². The Labute approximate surface area is 147 Å². The highest BCUT2D eigenvalue weighted by Gasteiger charge is 2.15. The van der Waals surface area contributed by atoms with Crippen LogP contribution >= 0.6 is 0 Å². The molecule has 25 heavy (non-hydrogen) atoms. The maximum Gasteiger partial charge on any atom is 0.118 e. The van der Waals surface area contributed by atoms with Crippen molar-refractivity contribution in [3.05, 3.63) is 54.1 Å². The predicted molar refractivity (Wildman–Crippen MR) is 96.9 cm³/mol. The van der Waals surface area contributed by atoms with E-state index < -0.39 is 0 Å². The lowest BCUT2D eigenvalue weighted by molar-refractivity contribution is 0.140.